The number of benzene rings is 1. The first kappa shape index (κ1) is 23.8. The molecule has 0 radical (unpaired) electrons. The predicted octanol–water partition coefficient (Wildman–Crippen LogP) is 1.85. The Bertz CT molecular complexity index is 876. The Kier molecular flexibility index (Phi) is 6.84. The summed E-state index contributed by atoms with van der Waals surface area (Å²) in [5.74, 6) is -0.649. The van der Waals surface area contributed by atoms with Crippen molar-refractivity contribution in [1.82, 2.24) is 14.7 Å². The van der Waals surface area contributed by atoms with Crippen molar-refractivity contribution in [3.8, 4) is 5.75 Å². The number of hydrogen-bond donors (Lipinski definition) is 2. The summed E-state index contributed by atoms with van der Waals surface area (Å²) in [6.45, 7) is 1.04. The number of halogens is 3. The van der Waals surface area contributed by atoms with Gasteiger partial charge in [0.1, 0.15) is 11.9 Å². The van der Waals surface area contributed by atoms with Crippen LogP contribution in [0.5, 0.6) is 5.75 Å². The van der Waals surface area contributed by atoms with Gasteiger partial charge in [0.2, 0.25) is 10.0 Å². The molecule has 2 aliphatic heterocycles. The summed E-state index contributed by atoms with van der Waals surface area (Å²) in [6, 6.07) is 4.36. The third-order valence-electron chi connectivity index (χ3n) is 6.03. The molecule has 2 fully saturated rings. The molecule has 0 aliphatic carbocycles. The van der Waals surface area contributed by atoms with Crippen molar-refractivity contribution in [3.63, 3.8) is 0 Å². The number of likely N-dealkylation sites (tertiary alicyclic amines) is 1. The molecule has 2 aliphatic rings. The van der Waals surface area contributed by atoms with E-state index in [1.165, 1.54) is 21.9 Å². The van der Waals surface area contributed by atoms with E-state index in [1.54, 1.807) is 0 Å². The van der Waals surface area contributed by atoms with Gasteiger partial charge in [-0.25, -0.2) is 18.2 Å². The molecular formula is C19H26F3N3O5S. The Hall–Kier alpha value is -1.89. The summed E-state index contributed by atoms with van der Waals surface area (Å²) in [5, 5.41) is 9.17. The van der Waals surface area contributed by atoms with Crippen LogP contribution in [0.15, 0.2) is 24.3 Å². The van der Waals surface area contributed by atoms with Gasteiger partial charge in [0.15, 0.2) is 4.75 Å². The number of rotatable bonds is 5. The highest BCUT2D eigenvalue weighted by Gasteiger charge is 2.54. The molecule has 0 atom stereocenters. The molecule has 1 amide bonds. The van der Waals surface area contributed by atoms with Crippen molar-refractivity contribution < 1.29 is 36.3 Å². The maximum Gasteiger partial charge on any atom is 0.416 e. The molecule has 0 bridgehead atoms. The fraction of sp³-hybridized carbons (Fsp3) is 0.632. The van der Waals surface area contributed by atoms with Crippen molar-refractivity contribution in [3.05, 3.63) is 29.8 Å². The van der Waals surface area contributed by atoms with Gasteiger partial charge in [-0.2, -0.15) is 13.2 Å². The highest BCUT2D eigenvalue weighted by Crippen LogP contribution is 2.35. The number of nitrogens with one attached hydrogen (secondary N) is 1. The fourth-order valence-electron chi connectivity index (χ4n) is 4.04. The number of amides is 1. The highest BCUT2D eigenvalue weighted by molar-refractivity contribution is 7.91. The minimum atomic E-state index is -4.43. The molecule has 0 spiro atoms. The van der Waals surface area contributed by atoms with Crippen LogP contribution in [0, 0.1) is 0 Å². The standard InChI is InChI=1S/C19H26F3N3O5S/c1-24-12-8-18(9-13-24,17(26)23-27)31(28,29)25-10-6-16(7-11-25)30-15-4-2-14(3-5-15)19(20,21)22/h2-5,16,27H,6-13H2,1H3,(H,23,26). The van der Waals surface area contributed by atoms with Crippen LogP contribution >= 0.6 is 0 Å². The van der Waals surface area contributed by atoms with Crippen LogP contribution in [0.25, 0.3) is 0 Å². The van der Waals surface area contributed by atoms with Crippen LogP contribution in [0.2, 0.25) is 0 Å². The van der Waals surface area contributed by atoms with E-state index in [2.05, 4.69) is 0 Å². The average Bonchev–Trinajstić information content (AvgIpc) is 2.74. The van der Waals surface area contributed by atoms with Crippen molar-refractivity contribution in [2.24, 2.45) is 0 Å². The van der Waals surface area contributed by atoms with Crippen LogP contribution < -0.4 is 10.2 Å². The second-order valence-corrected chi connectivity index (χ2v) is 10.2. The second-order valence-electron chi connectivity index (χ2n) is 7.98. The molecule has 2 N–H and O–H groups in total. The van der Waals surface area contributed by atoms with E-state index in [0.717, 1.165) is 12.1 Å². The zero-order valence-electron chi connectivity index (χ0n) is 17.1. The quantitative estimate of drug-likeness (QED) is 0.509. The lowest BCUT2D eigenvalue weighted by molar-refractivity contribution is -0.137. The van der Waals surface area contributed by atoms with Crippen LogP contribution in [0.3, 0.4) is 0 Å². The maximum atomic E-state index is 13.4. The molecule has 1 aromatic rings. The molecule has 2 saturated heterocycles. The van der Waals surface area contributed by atoms with Gasteiger partial charge in [0.05, 0.1) is 5.56 Å². The minimum Gasteiger partial charge on any atom is -0.490 e. The molecule has 12 heteroatoms. The number of sulfonamides is 1. The minimum absolute atomic E-state index is 0.0697. The van der Waals surface area contributed by atoms with Gasteiger partial charge in [-0.1, -0.05) is 0 Å². The normalized spacial score (nSPS) is 21.6. The van der Waals surface area contributed by atoms with Gasteiger partial charge in [-0.05, 0) is 70.1 Å². The number of ether oxygens (including phenoxy) is 1. The van der Waals surface area contributed by atoms with Crippen LogP contribution in [-0.2, 0) is 21.0 Å². The van der Waals surface area contributed by atoms with Crippen molar-refractivity contribution in [2.45, 2.75) is 42.7 Å². The molecule has 174 valence electrons. The Morgan fingerprint density at radius 2 is 1.68 bits per heavy atom. The number of nitrogens with zero attached hydrogens (tertiary/aromatic N) is 2. The van der Waals surface area contributed by atoms with Gasteiger partial charge in [0.25, 0.3) is 5.91 Å². The molecule has 2 heterocycles. The van der Waals surface area contributed by atoms with Crippen LogP contribution in [-0.4, -0.2) is 72.8 Å². The van der Waals surface area contributed by atoms with E-state index in [9.17, 15) is 26.4 Å². The summed E-state index contributed by atoms with van der Waals surface area (Å²) >= 11 is 0. The number of carbonyl (C=O) groups excluding carboxylic acids is 1. The first-order valence-corrected chi connectivity index (χ1v) is 11.4. The number of carbonyl (C=O) groups is 1. The van der Waals surface area contributed by atoms with E-state index in [4.69, 9.17) is 9.94 Å². The maximum absolute atomic E-state index is 13.4. The Morgan fingerprint density at radius 3 is 2.16 bits per heavy atom. The highest BCUT2D eigenvalue weighted by atomic mass is 32.2. The van der Waals surface area contributed by atoms with Crippen LogP contribution in [0.1, 0.15) is 31.2 Å². The molecule has 1 aromatic carbocycles. The lowest BCUT2D eigenvalue weighted by Gasteiger charge is -2.42. The van der Waals surface area contributed by atoms with Crippen molar-refractivity contribution >= 4 is 15.9 Å². The monoisotopic (exact) mass is 465 g/mol. The average molecular weight is 465 g/mol. The van der Waals surface area contributed by atoms with Gasteiger partial charge in [-0.3, -0.25) is 10.0 Å². The summed E-state index contributed by atoms with van der Waals surface area (Å²) in [4.78, 5) is 14.3. The van der Waals surface area contributed by atoms with Crippen molar-refractivity contribution in [1.29, 1.82) is 0 Å². The summed E-state index contributed by atoms with van der Waals surface area (Å²) < 4.78 is 70.0. The molecule has 0 saturated carbocycles. The molecule has 0 aromatic heterocycles. The molecule has 31 heavy (non-hydrogen) atoms. The molecule has 3 rings (SSSR count). The van der Waals surface area contributed by atoms with Crippen LogP contribution in [0.4, 0.5) is 13.2 Å². The summed E-state index contributed by atoms with van der Waals surface area (Å²) in [6.07, 6.45) is -3.99. The SMILES string of the molecule is CN1CCC(C(=O)NO)(S(=O)(=O)N2CCC(Oc3ccc(C(F)(F)F)cc3)CC2)CC1. The Balaban J connectivity index is 1.65. The third-order valence-corrected chi connectivity index (χ3v) is 8.66. The summed E-state index contributed by atoms with van der Waals surface area (Å²) in [5.41, 5.74) is 0.752. The lowest BCUT2D eigenvalue weighted by atomic mass is 9.95. The number of alkyl halides is 3. The second kappa shape index (κ2) is 8.93. The topological polar surface area (TPSA) is 99.2 Å². The van der Waals surface area contributed by atoms with E-state index >= 15 is 0 Å². The number of piperidine rings is 2. The zero-order valence-corrected chi connectivity index (χ0v) is 17.9. The fourth-order valence-corrected chi connectivity index (χ4v) is 6.20. The summed E-state index contributed by atoms with van der Waals surface area (Å²) in [7, 11) is -2.21. The van der Waals surface area contributed by atoms with Crippen molar-refractivity contribution in [2.75, 3.05) is 33.2 Å². The molecule has 0 unspecified atom stereocenters. The lowest BCUT2D eigenvalue weighted by Crippen LogP contribution is -2.62. The van der Waals surface area contributed by atoms with Gasteiger partial charge in [0, 0.05) is 13.1 Å². The smallest absolute Gasteiger partial charge is 0.416 e. The van der Waals surface area contributed by atoms with E-state index < -0.39 is 32.4 Å². The van der Waals surface area contributed by atoms with Gasteiger partial charge >= 0.3 is 6.18 Å². The number of hydrogen-bond acceptors (Lipinski definition) is 6. The van der Waals surface area contributed by atoms with E-state index in [1.807, 2.05) is 11.9 Å². The van der Waals surface area contributed by atoms with Gasteiger partial charge in [-0.15, -0.1) is 0 Å². The molecule has 8 nitrogen and oxygen atoms in total. The van der Waals surface area contributed by atoms with E-state index in [-0.39, 0.29) is 37.8 Å². The largest absolute Gasteiger partial charge is 0.490 e. The number of hydroxylamine groups is 1. The Labute approximate surface area is 179 Å². The first-order valence-electron chi connectivity index (χ1n) is 9.96. The predicted molar refractivity (Wildman–Crippen MR) is 105 cm³/mol. The van der Waals surface area contributed by atoms with E-state index in [0.29, 0.717) is 25.9 Å². The Morgan fingerprint density at radius 1 is 1.13 bits per heavy atom. The third kappa shape index (κ3) is 4.81. The molecular weight excluding hydrogens is 439 g/mol. The van der Waals surface area contributed by atoms with Gasteiger partial charge < -0.3 is 9.64 Å². The zero-order chi connectivity index (χ0) is 22.9. The first-order chi connectivity index (χ1) is 14.5.